The summed E-state index contributed by atoms with van der Waals surface area (Å²) in [6, 6.07) is 39.9. The van der Waals surface area contributed by atoms with E-state index in [1.807, 2.05) is 36.7 Å². The van der Waals surface area contributed by atoms with Gasteiger partial charge in [0.25, 0.3) is 0 Å². The van der Waals surface area contributed by atoms with Crippen LogP contribution < -0.4 is 4.90 Å². The zero-order valence-corrected chi connectivity index (χ0v) is 16.6. The van der Waals surface area contributed by atoms with Crippen molar-refractivity contribution in [3.05, 3.63) is 126 Å². The van der Waals surface area contributed by atoms with Crippen LogP contribution >= 0.6 is 0 Å². The van der Waals surface area contributed by atoms with Crippen LogP contribution in [0.4, 0.5) is 5.69 Å². The van der Waals surface area contributed by atoms with Crippen molar-refractivity contribution in [1.29, 1.82) is 0 Å². The first kappa shape index (κ1) is 19.9. The van der Waals surface area contributed by atoms with E-state index in [4.69, 9.17) is 4.99 Å². The average Bonchev–Trinajstić information content (AvgIpc) is 3.52. The normalized spacial score (nSPS) is 17.5. The summed E-state index contributed by atoms with van der Waals surface area (Å²) in [7, 11) is 0. The van der Waals surface area contributed by atoms with Crippen molar-refractivity contribution in [3.8, 4) is 0 Å². The molecule has 0 amide bonds. The summed E-state index contributed by atoms with van der Waals surface area (Å²) in [5.74, 6) is 0. The summed E-state index contributed by atoms with van der Waals surface area (Å²) in [5.41, 5.74) is 3.73. The van der Waals surface area contributed by atoms with Gasteiger partial charge in [0.05, 0.1) is 12.1 Å². The summed E-state index contributed by atoms with van der Waals surface area (Å²) < 4.78 is 0. The van der Waals surface area contributed by atoms with Crippen molar-refractivity contribution in [2.75, 3.05) is 4.90 Å². The molecule has 1 aliphatic heterocycles. The zero-order valence-electron chi connectivity index (χ0n) is 15.4. The van der Waals surface area contributed by atoms with Crippen LogP contribution in [0.15, 0.2) is 120 Å². The Kier molecular flexibility index (Phi) is 7.02. The number of anilines is 1. The Hall–Kier alpha value is -2.87. The molecule has 0 fully saturated rings. The Morgan fingerprint density at radius 2 is 1.18 bits per heavy atom. The molecule has 0 aromatic heterocycles. The number of benzene rings is 2. The van der Waals surface area contributed by atoms with Crippen molar-refractivity contribution in [2.24, 2.45) is 4.99 Å². The third-order valence-electron chi connectivity index (χ3n) is 4.73. The molecule has 0 aliphatic carbocycles. The topological polar surface area (TPSA) is 15.6 Å². The molecule has 0 bridgehead atoms. The minimum atomic E-state index is 0. The van der Waals surface area contributed by atoms with Gasteiger partial charge < -0.3 is 40.2 Å². The summed E-state index contributed by atoms with van der Waals surface area (Å²) in [6.45, 7) is 0. The van der Waals surface area contributed by atoms with Crippen molar-refractivity contribution in [3.63, 3.8) is 0 Å². The molecule has 28 heavy (non-hydrogen) atoms. The fourth-order valence-electron chi connectivity index (χ4n) is 3.44. The van der Waals surface area contributed by atoms with Crippen molar-refractivity contribution in [2.45, 2.75) is 12.1 Å². The Morgan fingerprint density at radius 1 is 0.679 bits per heavy atom. The third-order valence-corrected chi connectivity index (χ3v) is 4.73. The number of rotatable bonds is 3. The molecule has 4 aromatic rings. The minimum Gasteiger partial charge on any atom is -0.748 e. The van der Waals surface area contributed by atoms with E-state index in [9.17, 15) is 0 Å². The molecule has 5 rings (SSSR count). The van der Waals surface area contributed by atoms with E-state index in [1.54, 1.807) is 0 Å². The second kappa shape index (κ2) is 9.89. The van der Waals surface area contributed by atoms with E-state index in [-0.39, 0.29) is 29.2 Å². The Balaban J connectivity index is 0.000000329. The van der Waals surface area contributed by atoms with Crippen molar-refractivity contribution >= 4 is 12.0 Å². The monoisotopic (exact) mass is 406 g/mol. The van der Waals surface area contributed by atoms with Gasteiger partial charge in [-0.15, -0.1) is 12.1 Å². The second-order valence-corrected chi connectivity index (χ2v) is 6.49. The van der Waals surface area contributed by atoms with Gasteiger partial charge in [0.1, 0.15) is 0 Å². The molecular weight excluding hydrogens is 384 g/mol. The maximum absolute atomic E-state index is 4.80. The second-order valence-electron chi connectivity index (χ2n) is 6.49. The summed E-state index contributed by atoms with van der Waals surface area (Å²) in [6.07, 6.45) is 1.98. The van der Waals surface area contributed by atoms with Gasteiger partial charge in [-0.2, -0.15) is 12.1 Å². The van der Waals surface area contributed by atoms with Crippen molar-refractivity contribution in [1.82, 2.24) is 0 Å². The van der Waals surface area contributed by atoms with Gasteiger partial charge in [-0.3, -0.25) is 0 Å². The fourth-order valence-corrected chi connectivity index (χ4v) is 3.44. The van der Waals surface area contributed by atoms with Crippen LogP contribution in [-0.2, 0) is 17.1 Å². The Labute approximate surface area is 177 Å². The average molecular weight is 406 g/mol. The quantitative estimate of drug-likeness (QED) is 0.295. The third kappa shape index (κ3) is 4.51. The minimum absolute atomic E-state index is 0. The standard InChI is InChI=1S/C20H17N2.C5H5.Fe/c1-3-9-16(10-4-1)19-20(17-11-5-2-6-12-17)22(15-21-19)18-13-7-8-14-18;1-2-4-5-3-1;/h1-15,19-20H;1-5H;/q-1;-5;. The van der Waals surface area contributed by atoms with Crippen molar-refractivity contribution < 1.29 is 17.1 Å². The molecule has 0 saturated heterocycles. The molecule has 1 heterocycles. The largest absolute Gasteiger partial charge is 0.748 e. The van der Waals surface area contributed by atoms with Crippen LogP contribution in [0.2, 0.25) is 0 Å². The molecule has 0 radical (unpaired) electrons. The van der Waals surface area contributed by atoms with E-state index in [0.717, 1.165) is 0 Å². The van der Waals surface area contributed by atoms with Gasteiger partial charge in [0.15, 0.2) is 0 Å². The van der Waals surface area contributed by atoms with Crippen LogP contribution in [0.5, 0.6) is 0 Å². The van der Waals surface area contributed by atoms with Gasteiger partial charge in [-0.05, 0) is 16.8 Å². The van der Waals surface area contributed by atoms with Gasteiger partial charge >= 0.3 is 0 Å². The van der Waals surface area contributed by atoms with E-state index < -0.39 is 0 Å². The molecule has 146 valence electrons. The van der Waals surface area contributed by atoms with Crippen LogP contribution in [0.3, 0.4) is 0 Å². The SMILES string of the molecule is C1=NC(c2ccccc2)C(c2ccccc2)N1[c-]1cccc1.[Fe].[cH-]1[cH-][cH-][cH-][cH-]1. The van der Waals surface area contributed by atoms with E-state index >= 15 is 0 Å². The molecule has 0 spiro atoms. The molecule has 2 atom stereocenters. The van der Waals surface area contributed by atoms with Crippen LogP contribution in [0.1, 0.15) is 23.2 Å². The van der Waals surface area contributed by atoms with Gasteiger partial charge in [-0.1, -0.05) is 60.7 Å². The summed E-state index contributed by atoms with van der Waals surface area (Å²) in [4.78, 5) is 7.07. The Morgan fingerprint density at radius 3 is 1.71 bits per heavy atom. The van der Waals surface area contributed by atoms with Gasteiger partial charge in [-0.25, -0.2) is 0 Å². The number of aliphatic imine (C=N–C) groups is 1. The molecular formula is C25H22FeN2-6. The molecule has 2 nitrogen and oxygen atoms in total. The van der Waals surface area contributed by atoms with E-state index in [1.165, 1.54) is 16.8 Å². The first-order chi connectivity index (χ1) is 13.4. The molecule has 2 unspecified atom stereocenters. The van der Waals surface area contributed by atoms with Crippen LogP contribution in [0, 0.1) is 0 Å². The van der Waals surface area contributed by atoms with Crippen LogP contribution in [0.25, 0.3) is 0 Å². The molecule has 4 aromatic carbocycles. The Bertz CT molecular complexity index is 912. The number of nitrogens with zero attached hydrogens (tertiary/aromatic N) is 2. The summed E-state index contributed by atoms with van der Waals surface area (Å²) >= 11 is 0. The maximum atomic E-state index is 4.80. The molecule has 3 heteroatoms. The molecule has 0 saturated carbocycles. The van der Waals surface area contributed by atoms with E-state index in [2.05, 4.69) is 89.8 Å². The molecule has 0 N–H and O–H groups in total. The maximum Gasteiger partial charge on any atom is 0.0894 e. The van der Waals surface area contributed by atoms with Gasteiger partial charge in [0.2, 0.25) is 0 Å². The smallest absolute Gasteiger partial charge is 0.0894 e. The predicted octanol–water partition coefficient (Wildman–Crippen LogP) is 6.14. The first-order valence-electron chi connectivity index (χ1n) is 9.23. The summed E-state index contributed by atoms with van der Waals surface area (Å²) in [5, 5.41) is 0. The molecule has 1 aliphatic rings. The first-order valence-corrected chi connectivity index (χ1v) is 9.23. The van der Waals surface area contributed by atoms with Crippen LogP contribution in [-0.4, -0.2) is 6.34 Å². The van der Waals surface area contributed by atoms with Gasteiger partial charge in [0, 0.05) is 23.4 Å². The predicted molar refractivity (Wildman–Crippen MR) is 113 cm³/mol. The van der Waals surface area contributed by atoms with E-state index in [0.29, 0.717) is 0 Å². The zero-order chi connectivity index (χ0) is 18.3. The number of hydrogen-bond acceptors (Lipinski definition) is 2. The number of hydrogen-bond donors (Lipinski definition) is 0. The fraction of sp³-hybridized carbons (Fsp3) is 0.0800.